The summed E-state index contributed by atoms with van der Waals surface area (Å²) >= 11 is 1.61. The summed E-state index contributed by atoms with van der Waals surface area (Å²) < 4.78 is 0. The zero-order chi connectivity index (χ0) is 13.8. The number of rotatable bonds is 5. The molecule has 4 nitrogen and oxygen atoms in total. The first kappa shape index (κ1) is 13.8. The normalized spacial score (nSPS) is 10.5. The van der Waals surface area contributed by atoms with Gasteiger partial charge in [-0.25, -0.2) is 0 Å². The van der Waals surface area contributed by atoms with Crippen molar-refractivity contribution >= 4 is 22.2 Å². The van der Waals surface area contributed by atoms with Crippen LogP contribution < -0.4 is 10.2 Å². The molecule has 0 aliphatic carbocycles. The minimum absolute atomic E-state index is 0.785. The van der Waals surface area contributed by atoms with Gasteiger partial charge in [0.2, 0.25) is 5.13 Å². The van der Waals surface area contributed by atoms with Crippen LogP contribution in [0.5, 0.6) is 0 Å². The number of hydrogen-bond donors (Lipinski definition) is 1. The molecule has 2 rings (SSSR count). The second-order valence-corrected chi connectivity index (χ2v) is 5.74. The van der Waals surface area contributed by atoms with Gasteiger partial charge in [-0.15, -0.1) is 10.2 Å². The standard InChI is InChI=1S/C14H20N4S/c1-5-15-14-17-16-13(19-14)9-18(4)12-7-6-10(2)8-11(12)3/h6-8H,5,9H2,1-4H3,(H,15,17). The fraction of sp³-hybridized carbons (Fsp3) is 0.429. The third kappa shape index (κ3) is 3.44. The van der Waals surface area contributed by atoms with Gasteiger partial charge in [0.25, 0.3) is 0 Å². The van der Waals surface area contributed by atoms with E-state index in [0.717, 1.165) is 23.2 Å². The fourth-order valence-electron chi connectivity index (χ4n) is 2.06. The van der Waals surface area contributed by atoms with Crippen LogP contribution in [0.15, 0.2) is 18.2 Å². The highest BCUT2D eigenvalue weighted by Crippen LogP contribution is 2.23. The molecule has 1 heterocycles. The minimum atomic E-state index is 0.785. The average Bonchev–Trinajstić information content (AvgIpc) is 2.76. The van der Waals surface area contributed by atoms with Gasteiger partial charge in [-0.05, 0) is 32.4 Å². The molecule has 102 valence electrons. The van der Waals surface area contributed by atoms with Gasteiger partial charge in [-0.2, -0.15) is 0 Å². The van der Waals surface area contributed by atoms with Crippen molar-refractivity contribution in [2.75, 3.05) is 23.8 Å². The molecule has 1 N–H and O–H groups in total. The summed E-state index contributed by atoms with van der Waals surface area (Å²) in [4.78, 5) is 2.21. The summed E-state index contributed by atoms with van der Waals surface area (Å²) in [6, 6.07) is 6.51. The van der Waals surface area contributed by atoms with Gasteiger partial charge in [0, 0.05) is 19.3 Å². The number of anilines is 2. The number of hydrogen-bond acceptors (Lipinski definition) is 5. The van der Waals surface area contributed by atoms with Gasteiger partial charge < -0.3 is 10.2 Å². The fourth-order valence-corrected chi connectivity index (χ4v) is 2.92. The summed E-state index contributed by atoms with van der Waals surface area (Å²) in [5.74, 6) is 0. The van der Waals surface area contributed by atoms with Crippen molar-refractivity contribution < 1.29 is 0 Å². The van der Waals surface area contributed by atoms with E-state index in [9.17, 15) is 0 Å². The van der Waals surface area contributed by atoms with Gasteiger partial charge in [0.1, 0.15) is 5.01 Å². The Hall–Kier alpha value is -1.62. The molecule has 19 heavy (non-hydrogen) atoms. The molecule has 0 bridgehead atoms. The van der Waals surface area contributed by atoms with Crippen LogP contribution in [0.3, 0.4) is 0 Å². The first-order valence-electron chi connectivity index (χ1n) is 6.44. The summed E-state index contributed by atoms with van der Waals surface area (Å²) in [6.45, 7) is 7.98. The average molecular weight is 276 g/mol. The maximum absolute atomic E-state index is 4.21. The van der Waals surface area contributed by atoms with Gasteiger partial charge in [0.05, 0.1) is 6.54 Å². The van der Waals surface area contributed by atoms with E-state index < -0.39 is 0 Å². The molecule has 0 aliphatic heterocycles. The lowest BCUT2D eigenvalue weighted by Crippen LogP contribution is -2.17. The van der Waals surface area contributed by atoms with Crippen molar-refractivity contribution in [2.45, 2.75) is 27.3 Å². The summed E-state index contributed by atoms with van der Waals surface area (Å²) in [6.07, 6.45) is 0. The van der Waals surface area contributed by atoms with E-state index in [0.29, 0.717) is 0 Å². The lowest BCUT2D eigenvalue weighted by Gasteiger charge is -2.20. The highest BCUT2D eigenvalue weighted by molar-refractivity contribution is 7.15. The van der Waals surface area contributed by atoms with Crippen molar-refractivity contribution in [1.29, 1.82) is 0 Å². The monoisotopic (exact) mass is 276 g/mol. The molecule has 0 amide bonds. The SMILES string of the molecule is CCNc1nnc(CN(C)c2ccc(C)cc2C)s1. The van der Waals surface area contributed by atoms with Crippen LogP contribution in [0.25, 0.3) is 0 Å². The Morgan fingerprint density at radius 1 is 1.26 bits per heavy atom. The number of nitrogens with one attached hydrogen (secondary N) is 1. The molecular weight excluding hydrogens is 256 g/mol. The summed E-state index contributed by atoms with van der Waals surface area (Å²) in [5.41, 5.74) is 3.82. The van der Waals surface area contributed by atoms with Crippen LogP contribution in [0.1, 0.15) is 23.1 Å². The number of benzene rings is 1. The van der Waals surface area contributed by atoms with Gasteiger partial charge >= 0.3 is 0 Å². The Balaban J connectivity index is 2.09. The van der Waals surface area contributed by atoms with Crippen LogP contribution in [0, 0.1) is 13.8 Å². The Morgan fingerprint density at radius 2 is 2.05 bits per heavy atom. The van der Waals surface area contributed by atoms with Crippen molar-refractivity contribution in [2.24, 2.45) is 0 Å². The maximum atomic E-state index is 4.21. The van der Waals surface area contributed by atoms with Crippen LogP contribution in [0.2, 0.25) is 0 Å². The van der Waals surface area contributed by atoms with Crippen molar-refractivity contribution in [3.8, 4) is 0 Å². The van der Waals surface area contributed by atoms with E-state index in [1.807, 2.05) is 0 Å². The van der Waals surface area contributed by atoms with E-state index in [2.05, 4.69) is 66.4 Å². The molecule has 1 aromatic heterocycles. The second-order valence-electron chi connectivity index (χ2n) is 4.68. The Morgan fingerprint density at radius 3 is 2.74 bits per heavy atom. The van der Waals surface area contributed by atoms with Crippen LogP contribution >= 0.6 is 11.3 Å². The quantitative estimate of drug-likeness (QED) is 0.910. The molecule has 0 atom stereocenters. The number of nitrogens with zero attached hydrogens (tertiary/aromatic N) is 3. The minimum Gasteiger partial charge on any atom is -0.368 e. The third-order valence-corrected chi connectivity index (χ3v) is 3.80. The highest BCUT2D eigenvalue weighted by Gasteiger charge is 2.09. The second kappa shape index (κ2) is 6.02. The van der Waals surface area contributed by atoms with E-state index >= 15 is 0 Å². The lowest BCUT2D eigenvalue weighted by molar-refractivity contribution is 0.876. The lowest BCUT2D eigenvalue weighted by atomic mass is 10.1. The van der Waals surface area contributed by atoms with Crippen LogP contribution in [-0.2, 0) is 6.54 Å². The van der Waals surface area contributed by atoms with Crippen molar-refractivity contribution in [3.05, 3.63) is 34.3 Å². The molecule has 0 radical (unpaired) electrons. The first-order chi connectivity index (χ1) is 9.10. The molecule has 1 aromatic carbocycles. The van der Waals surface area contributed by atoms with Crippen LogP contribution in [0.4, 0.5) is 10.8 Å². The van der Waals surface area contributed by atoms with Crippen molar-refractivity contribution in [1.82, 2.24) is 10.2 Å². The summed E-state index contributed by atoms with van der Waals surface area (Å²) in [5, 5.41) is 13.4. The Bertz CT molecular complexity index is 550. The number of aromatic nitrogens is 2. The van der Waals surface area contributed by atoms with Gasteiger partial charge in [-0.3, -0.25) is 0 Å². The molecule has 0 aliphatic rings. The van der Waals surface area contributed by atoms with E-state index in [4.69, 9.17) is 0 Å². The molecule has 5 heteroatoms. The summed E-state index contributed by atoms with van der Waals surface area (Å²) in [7, 11) is 2.09. The first-order valence-corrected chi connectivity index (χ1v) is 7.26. The predicted octanol–water partition coefficient (Wildman–Crippen LogP) is 3.22. The molecule has 0 saturated heterocycles. The predicted molar refractivity (Wildman–Crippen MR) is 82.1 cm³/mol. The zero-order valence-electron chi connectivity index (χ0n) is 11.9. The molecule has 0 fully saturated rings. The van der Waals surface area contributed by atoms with Gasteiger partial charge in [-0.1, -0.05) is 29.0 Å². The van der Waals surface area contributed by atoms with Crippen LogP contribution in [-0.4, -0.2) is 23.8 Å². The maximum Gasteiger partial charge on any atom is 0.205 e. The van der Waals surface area contributed by atoms with Gasteiger partial charge in [0.15, 0.2) is 0 Å². The topological polar surface area (TPSA) is 41.1 Å². The number of aryl methyl sites for hydroxylation is 2. The highest BCUT2D eigenvalue weighted by atomic mass is 32.1. The van der Waals surface area contributed by atoms with E-state index in [-0.39, 0.29) is 0 Å². The third-order valence-electron chi connectivity index (χ3n) is 2.93. The van der Waals surface area contributed by atoms with Crippen molar-refractivity contribution in [3.63, 3.8) is 0 Å². The molecule has 2 aromatic rings. The molecule has 0 unspecified atom stereocenters. The molecule has 0 saturated carbocycles. The zero-order valence-corrected chi connectivity index (χ0v) is 12.7. The largest absolute Gasteiger partial charge is 0.368 e. The molecular formula is C14H20N4S. The Kier molecular flexibility index (Phi) is 4.37. The molecule has 0 spiro atoms. The van der Waals surface area contributed by atoms with E-state index in [1.165, 1.54) is 16.8 Å². The van der Waals surface area contributed by atoms with E-state index in [1.54, 1.807) is 11.3 Å². The Labute approximate surface area is 118 Å². The smallest absolute Gasteiger partial charge is 0.205 e.